The number of allylic oxidation sites excluding steroid dienone is 1. The third-order valence-electron chi connectivity index (χ3n) is 2.02. The number of unbranched alkanes of at least 4 members (excludes halogenated alkanes) is 1. The molecule has 0 radical (unpaired) electrons. The Balaban J connectivity index is 3.32. The lowest BCUT2D eigenvalue weighted by atomic mass is 10.2. The van der Waals surface area contributed by atoms with Gasteiger partial charge in [0.05, 0.1) is 0 Å². The smallest absolute Gasteiger partial charge is 0.0165 e. The highest BCUT2D eigenvalue weighted by Crippen LogP contribution is 1.95. The molecule has 0 unspecified atom stereocenters. The first-order valence-corrected chi connectivity index (χ1v) is 4.75. The maximum atomic E-state index is 5.82. The van der Waals surface area contributed by atoms with Crippen molar-refractivity contribution in [2.45, 2.75) is 32.2 Å². The van der Waals surface area contributed by atoms with Crippen LogP contribution in [0.5, 0.6) is 0 Å². The summed E-state index contributed by atoms with van der Waals surface area (Å²) in [5.74, 6) is 0. The molecule has 0 aromatic carbocycles. The molecule has 0 aromatic heterocycles. The minimum atomic E-state index is 0.332. The van der Waals surface area contributed by atoms with Crippen LogP contribution in [0, 0.1) is 0 Å². The summed E-state index contributed by atoms with van der Waals surface area (Å²) in [5.41, 5.74) is 5.82. The molecule has 0 aliphatic rings. The maximum Gasteiger partial charge on any atom is 0.0165 e. The van der Waals surface area contributed by atoms with Crippen molar-refractivity contribution in [1.29, 1.82) is 0 Å². The van der Waals surface area contributed by atoms with Gasteiger partial charge in [0.15, 0.2) is 0 Å². The average molecular weight is 170 g/mol. The first-order chi connectivity index (χ1) is 5.70. The zero-order chi connectivity index (χ0) is 9.40. The van der Waals surface area contributed by atoms with Gasteiger partial charge in [-0.3, -0.25) is 0 Å². The molecule has 12 heavy (non-hydrogen) atoms. The number of nitrogens with zero attached hydrogens (tertiary/aromatic N) is 1. The van der Waals surface area contributed by atoms with Crippen LogP contribution in [-0.2, 0) is 0 Å². The minimum absolute atomic E-state index is 0.332. The molecule has 0 aromatic rings. The fourth-order valence-corrected chi connectivity index (χ4v) is 1.13. The Kier molecular flexibility index (Phi) is 7.11. The largest absolute Gasteiger partial charge is 0.327 e. The quantitative estimate of drug-likeness (QED) is 0.465. The molecule has 0 rings (SSSR count). The van der Waals surface area contributed by atoms with Gasteiger partial charge in [0.2, 0.25) is 0 Å². The van der Waals surface area contributed by atoms with Crippen LogP contribution in [0.3, 0.4) is 0 Å². The molecule has 0 fully saturated rings. The molecule has 0 aliphatic heterocycles. The van der Waals surface area contributed by atoms with Gasteiger partial charge in [0, 0.05) is 12.6 Å². The van der Waals surface area contributed by atoms with E-state index in [0.717, 1.165) is 25.9 Å². The van der Waals surface area contributed by atoms with Crippen molar-refractivity contribution in [2.24, 2.45) is 5.73 Å². The predicted molar refractivity (Wildman–Crippen MR) is 55.2 cm³/mol. The normalized spacial score (nSPS) is 13.3. The SMILES string of the molecule is C=CCCCN(C)C[C@H](N)CC. The average Bonchev–Trinajstić information content (AvgIpc) is 2.05. The summed E-state index contributed by atoms with van der Waals surface area (Å²) in [7, 11) is 2.12. The van der Waals surface area contributed by atoms with Crippen molar-refractivity contribution >= 4 is 0 Å². The van der Waals surface area contributed by atoms with Gasteiger partial charge in [-0.05, 0) is 32.9 Å². The van der Waals surface area contributed by atoms with E-state index in [9.17, 15) is 0 Å². The van der Waals surface area contributed by atoms with Crippen LogP contribution in [0.25, 0.3) is 0 Å². The molecular weight excluding hydrogens is 148 g/mol. The van der Waals surface area contributed by atoms with Crippen molar-refractivity contribution in [2.75, 3.05) is 20.1 Å². The van der Waals surface area contributed by atoms with E-state index < -0.39 is 0 Å². The Morgan fingerprint density at radius 3 is 2.75 bits per heavy atom. The third kappa shape index (κ3) is 6.38. The van der Waals surface area contributed by atoms with Crippen LogP contribution in [-0.4, -0.2) is 31.1 Å². The molecule has 2 heteroatoms. The van der Waals surface area contributed by atoms with Gasteiger partial charge in [-0.15, -0.1) is 6.58 Å². The van der Waals surface area contributed by atoms with Gasteiger partial charge in [0.25, 0.3) is 0 Å². The molecule has 0 heterocycles. The van der Waals surface area contributed by atoms with E-state index >= 15 is 0 Å². The Morgan fingerprint density at radius 2 is 2.25 bits per heavy atom. The van der Waals surface area contributed by atoms with E-state index in [0.29, 0.717) is 6.04 Å². The van der Waals surface area contributed by atoms with Gasteiger partial charge >= 0.3 is 0 Å². The molecule has 72 valence electrons. The fraction of sp³-hybridized carbons (Fsp3) is 0.800. The van der Waals surface area contributed by atoms with Gasteiger partial charge in [-0.25, -0.2) is 0 Å². The summed E-state index contributed by atoms with van der Waals surface area (Å²) < 4.78 is 0. The van der Waals surface area contributed by atoms with Crippen LogP contribution >= 0.6 is 0 Å². The molecule has 0 spiro atoms. The molecule has 2 nitrogen and oxygen atoms in total. The fourth-order valence-electron chi connectivity index (χ4n) is 1.13. The van der Waals surface area contributed by atoms with E-state index in [1.54, 1.807) is 0 Å². The van der Waals surface area contributed by atoms with Crippen molar-refractivity contribution in [3.8, 4) is 0 Å². The topological polar surface area (TPSA) is 29.3 Å². The standard InChI is InChI=1S/C10H22N2/c1-4-6-7-8-12(3)9-10(11)5-2/h4,10H,1,5-9,11H2,2-3H3/t10-/m1/s1. The van der Waals surface area contributed by atoms with Gasteiger partial charge in [-0.2, -0.15) is 0 Å². The highest BCUT2D eigenvalue weighted by atomic mass is 15.1. The summed E-state index contributed by atoms with van der Waals surface area (Å²) in [6.07, 6.45) is 5.32. The van der Waals surface area contributed by atoms with Gasteiger partial charge < -0.3 is 10.6 Å². The number of nitrogens with two attached hydrogens (primary N) is 1. The van der Waals surface area contributed by atoms with Gasteiger partial charge in [-0.1, -0.05) is 13.0 Å². The second kappa shape index (κ2) is 7.32. The molecule has 0 bridgehead atoms. The Hall–Kier alpha value is -0.340. The zero-order valence-electron chi connectivity index (χ0n) is 8.42. The van der Waals surface area contributed by atoms with Crippen LogP contribution < -0.4 is 5.73 Å². The van der Waals surface area contributed by atoms with Crippen LogP contribution in [0.2, 0.25) is 0 Å². The maximum absolute atomic E-state index is 5.82. The van der Waals surface area contributed by atoms with Crippen molar-refractivity contribution < 1.29 is 0 Å². The molecule has 2 N–H and O–H groups in total. The third-order valence-corrected chi connectivity index (χ3v) is 2.02. The summed E-state index contributed by atoms with van der Waals surface area (Å²) in [6, 6.07) is 0.332. The Bertz CT molecular complexity index is 112. The van der Waals surface area contributed by atoms with E-state index in [2.05, 4.69) is 25.5 Å². The van der Waals surface area contributed by atoms with E-state index in [1.165, 1.54) is 6.42 Å². The first kappa shape index (κ1) is 11.7. The first-order valence-electron chi connectivity index (χ1n) is 4.75. The number of hydrogen-bond donors (Lipinski definition) is 1. The second-order valence-corrected chi connectivity index (χ2v) is 3.36. The van der Waals surface area contributed by atoms with Crippen LogP contribution in [0.4, 0.5) is 0 Å². The lowest BCUT2D eigenvalue weighted by Gasteiger charge is -2.19. The summed E-state index contributed by atoms with van der Waals surface area (Å²) in [6.45, 7) is 7.95. The Labute approximate surface area is 76.4 Å². The lowest BCUT2D eigenvalue weighted by molar-refractivity contribution is 0.305. The minimum Gasteiger partial charge on any atom is -0.327 e. The number of likely N-dealkylation sites (N-methyl/N-ethyl adjacent to an activating group) is 1. The Morgan fingerprint density at radius 1 is 1.58 bits per heavy atom. The summed E-state index contributed by atoms with van der Waals surface area (Å²) >= 11 is 0. The zero-order valence-corrected chi connectivity index (χ0v) is 8.42. The van der Waals surface area contributed by atoms with E-state index in [4.69, 9.17) is 5.73 Å². The predicted octanol–water partition coefficient (Wildman–Crippen LogP) is 1.62. The molecular formula is C10H22N2. The van der Waals surface area contributed by atoms with E-state index in [-0.39, 0.29) is 0 Å². The molecule has 0 amide bonds. The lowest BCUT2D eigenvalue weighted by Crippen LogP contribution is -2.35. The summed E-state index contributed by atoms with van der Waals surface area (Å²) in [5, 5.41) is 0. The van der Waals surface area contributed by atoms with Crippen molar-refractivity contribution in [1.82, 2.24) is 4.90 Å². The highest BCUT2D eigenvalue weighted by Gasteiger charge is 2.02. The number of hydrogen-bond acceptors (Lipinski definition) is 2. The van der Waals surface area contributed by atoms with E-state index in [1.807, 2.05) is 6.08 Å². The molecule has 0 saturated heterocycles. The molecule has 0 saturated carbocycles. The van der Waals surface area contributed by atoms with Crippen molar-refractivity contribution in [3.05, 3.63) is 12.7 Å². The van der Waals surface area contributed by atoms with Crippen LogP contribution in [0.15, 0.2) is 12.7 Å². The van der Waals surface area contributed by atoms with Crippen molar-refractivity contribution in [3.63, 3.8) is 0 Å². The van der Waals surface area contributed by atoms with Gasteiger partial charge in [0.1, 0.15) is 0 Å². The number of rotatable bonds is 7. The molecule has 0 aliphatic carbocycles. The second-order valence-electron chi connectivity index (χ2n) is 3.36. The summed E-state index contributed by atoms with van der Waals surface area (Å²) in [4.78, 5) is 2.29. The highest BCUT2D eigenvalue weighted by molar-refractivity contribution is 4.68. The molecule has 1 atom stereocenters. The van der Waals surface area contributed by atoms with Crippen LogP contribution in [0.1, 0.15) is 26.2 Å². The monoisotopic (exact) mass is 170 g/mol.